The normalized spacial score (nSPS) is 22.0. The Balaban J connectivity index is 1.99. The molecule has 5 heteroatoms. The van der Waals surface area contributed by atoms with E-state index in [9.17, 15) is 13.9 Å². The lowest BCUT2D eigenvalue weighted by molar-refractivity contribution is -0.0498. The van der Waals surface area contributed by atoms with E-state index in [0.717, 1.165) is 31.4 Å². The number of rotatable bonds is 4. The summed E-state index contributed by atoms with van der Waals surface area (Å²) in [5, 5.41) is 13.6. The number of alkyl halides is 2. The number of hydrogen-bond acceptors (Lipinski definition) is 3. The summed E-state index contributed by atoms with van der Waals surface area (Å²) in [5.41, 5.74) is 0.723. The summed E-state index contributed by atoms with van der Waals surface area (Å²) >= 11 is 0. The van der Waals surface area contributed by atoms with Gasteiger partial charge in [0.1, 0.15) is 5.75 Å². The van der Waals surface area contributed by atoms with E-state index in [2.05, 4.69) is 10.1 Å². The van der Waals surface area contributed by atoms with Gasteiger partial charge in [0.15, 0.2) is 0 Å². The second-order valence-electron chi connectivity index (χ2n) is 4.80. The third kappa shape index (κ3) is 4.14. The van der Waals surface area contributed by atoms with Gasteiger partial charge in [0.25, 0.3) is 0 Å². The molecule has 1 saturated heterocycles. The molecule has 0 radical (unpaired) electrons. The van der Waals surface area contributed by atoms with Crippen molar-refractivity contribution >= 4 is 0 Å². The summed E-state index contributed by atoms with van der Waals surface area (Å²) in [5.74, 6) is 0.111. The standard InChI is InChI=1S/C14H19F2NO2/c15-14(16)19-11-7-5-10(6-8-11)13(18)12-4-2-1-3-9-17-12/h5-8,12-14,17-18H,1-4,9H2. The highest BCUT2D eigenvalue weighted by atomic mass is 19.3. The molecule has 2 N–H and O–H groups in total. The van der Waals surface area contributed by atoms with Gasteiger partial charge < -0.3 is 15.2 Å². The number of nitrogens with one attached hydrogen (secondary N) is 1. The average Bonchev–Trinajstić information content (AvgIpc) is 2.67. The largest absolute Gasteiger partial charge is 0.435 e. The molecule has 1 aliphatic heterocycles. The van der Waals surface area contributed by atoms with Gasteiger partial charge in [0.05, 0.1) is 6.10 Å². The second-order valence-corrected chi connectivity index (χ2v) is 4.80. The number of aliphatic hydroxyl groups is 1. The van der Waals surface area contributed by atoms with Crippen molar-refractivity contribution in [2.24, 2.45) is 0 Å². The fraction of sp³-hybridized carbons (Fsp3) is 0.571. The van der Waals surface area contributed by atoms with Crippen molar-refractivity contribution in [2.75, 3.05) is 6.54 Å². The van der Waals surface area contributed by atoms with Crippen molar-refractivity contribution in [3.8, 4) is 5.75 Å². The van der Waals surface area contributed by atoms with Gasteiger partial charge in [0.2, 0.25) is 0 Å². The molecule has 2 atom stereocenters. The molecule has 0 bridgehead atoms. The molecule has 1 aliphatic rings. The van der Waals surface area contributed by atoms with E-state index in [1.807, 2.05) is 0 Å². The molecule has 1 aromatic carbocycles. The maximum atomic E-state index is 12.0. The first-order valence-corrected chi connectivity index (χ1v) is 6.63. The molecule has 19 heavy (non-hydrogen) atoms. The summed E-state index contributed by atoms with van der Waals surface area (Å²) in [6.45, 7) is -1.91. The highest BCUT2D eigenvalue weighted by Gasteiger charge is 2.21. The van der Waals surface area contributed by atoms with E-state index < -0.39 is 12.7 Å². The Hall–Kier alpha value is -1.20. The van der Waals surface area contributed by atoms with Gasteiger partial charge in [-0.3, -0.25) is 0 Å². The van der Waals surface area contributed by atoms with E-state index in [4.69, 9.17) is 0 Å². The molecule has 0 saturated carbocycles. The van der Waals surface area contributed by atoms with Crippen molar-refractivity contribution in [1.29, 1.82) is 0 Å². The molecule has 0 amide bonds. The molecule has 106 valence electrons. The molecule has 0 aromatic heterocycles. The number of hydrogen-bond donors (Lipinski definition) is 2. The Kier molecular flexibility index (Phi) is 5.10. The predicted molar refractivity (Wildman–Crippen MR) is 68.3 cm³/mol. The highest BCUT2D eigenvalue weighted by molar-refractivity contribution is 5.29. The zero-order chi connectivity index (χ0) is 13.7. The minimum absolute atomic E-state index is 0.0318. The van der Waals surface area contributed by atoms with Gasteiger partial charge in [-0.25, -0.2) is 0 Å². The zero-order valence-corrected chi connectivity index (χ0v) is 10.7. The van der Waals surface area contributed by atoms with Crippen LogP contribution in [0.5, 0.6) is 5.75 Å². The molecular formula is C14H19F2NO2. The highest BCUT2D eigenvalue weighted by Crippen LogP contribution is 2.25. The second kappa shape index (κ2) is 6.82. The van der Waals surface area contributed by atoms with E-state index >= 15 is 0 Å². The smallest absolute Gasteiger partial charge is 0.387 e. The summed E-state index contributed by atoms with van der Waals surface area (Å²) < 4.78 is 28.4. The first kappa shape index (κ1) is 14.2. The first-order valence-electron chi connectivity index (χ1n) is 6.63. The van der Waals surface area contributed by atoms with Crippen LogP contribution in [0.15, 0.2) is 24.3 Å². The number of ether oxygens (including phenoxy) is 1. The van der Waals surface area contributed by atoms with Crippen LogP contribution in [0.25, 0.3) is 0 Å². The van der Waals surface area contributed by atoms with Crippen LogP contribution in [0.1, 0.15) is 37.4 Å². The van der Waals surface area contributed by atoms with E-state index in [1.54, 1.807) is 12.1 Å². The van der Waals surface area contributed by atoms with Gasteiger partial charge in [-0.2, -0.15) is 8.78 Å². The minimum Gasteiger partial charge on any atom is -0.435 e. The molecule has 1 aromatic rings. The molecular weight excluding hydrogens is 252 g/mol. The van der Waals surface area contributed by atoms with Gasteiger partial charge >= 0.3 is 6.61 Å². The molecule has 0 spiro atoms. The summed E-state index contributed by atoms with van der Waals surface area (Å²) in [4.78, 5) is 0. The van der Waals surface area contributed by atoms with E-state index in [0.29, 0.717) is 0 Å². The summed E-state index contributed by atoms with van der Waals surface area (Å²) in [6, 6.07) is 6.22. The molecule has 3 nitrogen and oxygen atoms in total. The third-order valence-corrected chi connectivity index (χ3v) is 3.43. The predicted octanol–water partition coefficient (Wildman–Crippen LogP) is 2.85. The van der Waals surface area contributed by atoms with Crippen LogP contribution in [0.2, 0.25) is 0 Å². The molecule has 1 fully saturated rings. The van der Waals surface area contributed by atoms with Crippen molar-refractivity contribution in [3.63, 3.8) is 0 Å². The van der Waals surface area contributed by atoms with Crippen LogP contribution >= 0.6 is 0 Å². The van der Waals surface area contributed by atoms with Crippen molar-refractivity contribution in [3.05, 3.63) is 29.8 Å². The molecule has 2 unspecified atom stereocenters. The van der Waals surface area contributed by atoms with E-state index in [-0.39, 0.29) is 11.8 Å². The van der Waals surface area contributed by atoms with Crippen LogP contribution in [-0.4, -0.2) is 24.3 Å². The van der Waals surface area contributed by atoms with Crippen molar-refractivity contribution in [2.45, 2.75) is 44.4 Å². The van der Waals surface area contributed by atoms with Gasteiger partial charge in [-0.15, -0.1) is 0 Å². The quantitative estimate of drug-likeness (QED) is 0.884. The van der Waals surface area contributed by atoms with Crippen LogP contribution in [0.3, 0.4) is 0 Å². The fourth-order valence-corrected chi connectivity index (χ4v) is 2.40. The Morgan fingerprint density at radius 3 is 2.58 bits per heavy atom. The number of aliphatic hydroxyl groups excluding tert-OH is 1. The van der Waals surface area contributed by atoms with Gasteiger partial charge in [-0.05, 0) is 37.1 Å². The number of benzene rings is 1. The Bertz CT molecular complexity index is 376. The topological polar surface area (TPSA) is 41.5 Å². The minimum atomic E-state index is -2.82. The Labute approximate surface area is 111 Å². The van der Waals surface area contributed by atoms with Crippen molar-refractivity contribution in [1.82, 2.24) is 5.32 Å². The van der Waals surface area contributed by atoms with Crippen molar-refractivity contribution < 1.29 is 18.6 Å². The van der Waals surface area contributed by atoms with Crippen LogP contribution in [-0.2, 0) is 0 Å². The summed E-state index contributed by atoms with van der Waals surface area (Å²) in [7, 11) is 0. The molecule has 0 aliphatic carbocycles. The maximum absolute atomic E-state index is 12.0. The zero-order valence-electron chi connectivity index (χ0n) is 10.7. The van der Waals surface area contributed by atoms with Crippen LogP contribution in [0, 0.1) is 0 Å². The number of halogens is 2. The third-order valence-electron chi connectivity index (χ3n) is 3.43. The SMILES string of the molecule is OC(c1ccc(OC(F)F)cc1)C1CCCCCN1. The lowest BCUT2D eigenvalue weighted by atomic mass is 9.98. The van der Waals surface area contributed by atoms with E-state index in [1.165, 1.54) is 18.6 Å². The lowest BCUT2D eigenvalue weighted by Gasteiger charge is -2.22. The average molecular weight is 271 g/mol. The monoisotopic (exact) mass is 271 g/mol. The first-order chi connectivity index (χ1) is 9.16. The maximum Gasteiger partial charge on any atom is 0.387 e. The fourth-order valence-electron chi connectivity index (χ4n) is 2.40. The van der Waals surface area contributed by atoms with Crippen LogP contribution < -0.4 is 10.1 Å². The van der Waals surface area contributed by atoms with Gasteiger partial charge in [0, 0.05) is 6.04 Å². The molecule has 2 rings (SSSR count). The Morgan fingerprint density at radius 2 is 1.89 bits per heavy atom. The Morgan fingerprint density at radius 1 is 1.16 bits per heavy atom. The van der Waals surface area contributed by atoms with Gasteiger partial charge in [-0.1, -0.05) is 25.0 Å². The van der Waals surface area contributed by atoms with Crippen LogP contribution in [0.4, 0.5) is 8.78 Å². The lowest BCUT2D eigenvalue weighted by Crippen LogP contribution is -2.34. The molecule has 1 heterocycles. The summed E-state index contributed by atoms with van der Waals surface area (Å²) in [6.07, 6.45) is 3.72.